The quantitative estimate of drug-likeness (QED) is 0.756. The molecule has 1 unspecified atom stereocenters. The van der Waals surface area contributed by atoms with Gasteiger partial charge in [-0.1, -0.05) is 44.2 Å². The molecule has 2 aliphatic rings. The summed E-state index contributed by atoms with van der Waals surface area (Å²) in [6, 6.07) is 9.91. The molecule has 0 amide bonds. The minimum atomic E-state index is -1.28. The van der Waals surface area contributed by atoms with Gasteiger partial charge in [-0.2, -0.15) is 0 Å². The van der Waals surface area contributed by atoms with Gasteiger partial charge in [0.2, 0.25) is 17.3 Å². The number of aliphatic imine (C=N–C) groups is 2. The van der Waals surface area contributed by atoms with Gasteiger partial charge < -0.3 is 24.1 Å². The number of hydrogen-bond acceptors (Lipinski definition) is 7. The van der Waals surface area contributed by atoms with Gasteiger partial charge in [-0.25, -0.2) is 9.98 Å². The van der Waals surface area contributed by atoms with Crippen LogP contribution in [0, 0.1) is 5.92 Å². The van der Waals surface area contributed by atoms with Crippen LogP contribution in [0.25, 0.3) is 0 Å². The molecule has 0 radical (unpaired) electrons. The number of aliphatic hydroxyl groups excluding tert-OH is 1. The van der Waals surface area contributed by atoms with E-state index in [0.29, 0.717) is 18.2 Å². The number of aliphatic hydroxyl groups is 1. The Hall–Kier alpha value is -1.96. The highest BCUT2D eigenvalue weighted by Gasteiger charge is 2.59. The molecule has 2 heterocycles. The average molecular weight is 405 g/mol. The highest BCUT2D eigenvalue weighted by Crippen LogP contribution is 2.39. The highest BCUT2D eigenvalue weighted by atomic mass is 16.9. The van der Waals surface area contributed by atoms with Crippen molar-refractivity contribution in [3.05, 3.63) is 35.9 Å². The molecular formula is C22H32N2O5. The number of benzene rings is 1. The van der Waals surface area contributed by atoms with Crippen LogP contribution >= 0.6 is 0 Å². The molecule has 7 heteroatoms. The van der Waals surface area contributed by atoms with Gasteiger partial charge in [0.15, 0.2) is 12.6 Å². The van der Waals surface area contributed by atoms with Crippen LogP contribution in [0.4, 0.5) is 0 Å². The minimum absolute atomic E-state index is 0.161. The zero-order chi connectivity index (χ0) is 21.0. The molecule has 1 aromatic carbocycles. The molecule has 0 bridgehead atoms. The first-order valence-electron chi connectivity index (χ1n) is 10.2. The maximum Gasteiger partial charge on any atom is 0.220 e. The van der Waals surface area contributed by atoms with Crippen LogP contribution < -0.4 is 0 Å². The predicted octanol–water partition coefficient (Wildman–Crippen LogP) is 2.96. The molecule has 1 saturated heterocycles. The third kappa shape index (κ3) is 4.32. The molecule has 3 rings (SSSR count). The van der Waals surface area contributed by atoms with Gasteiger partial charge in [-0.05, 0) is 37.7 Å². The Bertz CT molecular complexity index is 730. The Morgan fingerprint density at radius 1 is 1.14 bits per heavy atom. The first kappa shape index (κ1) is 21.7. The summed E-state index contributed by atoms with van der Waals surface area (Å²) in [6.45, 7) is 5.88. The van der Waals surface area contributed by atoms with E-state index in [4.69, 9.17) is 28.9 Å². The second kappa shape index (κ2) is 9.24. The van der Waals surface area contributed by atoms with Gasteiger partial charge in [0, 0.05) is 0 Å². The van der Waals surface area contributed by atoms with Crippen LogP contribution in [0.3, 0.4) is 0 Å². The summed E-state index contributed by atoms with van der Waals surface area (Å²) in [4.78, 5) is 9.55. The number of hydrogen-bond donors (Lipinski definition) is 1. The Morgan fingerprint density at radius 3 is 2.38 bits per heavy atom. The second-order valence-electron chi connectivity index (χ2n) is 7.87. The molecule has 29 heavy (non-hydrogen) atoms. The average Bonchev–Trinajstić information content (AvgIpc) is 2.70. The van der Waals surface area contributed by atoms with Crippen LogP contribution in [0.5, 0.6) is 0 Å². The van der Waals surface area contributed by atoms with Gasteiger partial charge in [-0.15, -0.1) is 0 Å². The van der Waals surface area contributed by atoms with Crippen molar-refractivity contribution in [1.82, 2.24) is 0 Å². The molecule has 160 valence electrons. The van der Waals surface area contributed by atoms with Crippen molar-refractivity contribution in [2.45, 2.75) is 70.3 Å². The summed E-state index contributed by atoms with van der Waals surface area (Å²) in [5.41, 5.74) is -0.0574. The lowest BCUT2D eigenvalue weighted by molar-refractivity contribution is -0.394. The van der Waals surface area contributed by atoms with E-state index in [1.807, 2.05) is 32.0 Å². The predicted molar refractivity (Wildman–Crippen MR) is 111 cm³/mol. The fraction of sp³-hybridized carbons (Fsp3) is 0.636. The van der Waals surface area contributed by atoms with Crippen LogP contribution in [-0.2, 0) is 25.4 Å². The van der Waals surface area contributed by atoms with Crippen LogP contribution in [-0.4, -0.2) is 61.4 Å². The Balaban J connectivity index is 1.86. The Morgan fingerprint density at radius 2 is 1.83 bits per heavy atom. The molecule has 0 spiro atoms. The molecule has 1 aromatic rings. The summed E-state index contributed by atoms with van der Waals surface area (Å²) in [5, 5.41) is 11.3. The maximum atomic E-state index is 11.3. The monoisotopic (exact) mass is 404 g/mol. The first-order chi connectivity index (χ1) is 13.9. The Labute approximate surface area is 172 Å². The maximum absolute atomic E-state index is 11.3. The largest absolute Gasteiger partial charge is 0.483 e. The van der Waals surface area contributed by atoms with E-state index in [1.54, 1.807) is 14.0 Å². The van der Waals surface area contributed by atoms with E-state index in [9.17, 15) is 5.11 Å². The number of ether oxygens (including phenoxy) is 4. The highest BCUT2D eigenvalue weighted by molar-refractivity contribution is 5.97. The topological polar surface area (TPSA) is 81.9 Å². The summed E-state index contributed by atoms with van der Waals surface area (Å²) < 4.78 is 22.7. The number of rotatable bonds is 7. The van der Waals surface area contributed by atoms with E-state index < -0.39 is 17.9 Å². The minimum Gasteiger partial charge on any atom is -0.483 e. The molecule has 0 aliphatic carbocycles. The van der Waals surface area contributed by atoms with Crippen molar-refractivity contribution in [2.24, 2.45) is 15.9 Å². The van der Waals surface area contributed by atoms with Crippen LogP contribution in [0.15, 0.2) is 40.3 Å². The number of methoxy groups -OCH3 is 2. The first-order valence-corrected chi connectivity index (χ1v) is 10.2. The van der Waals surface area contributed by atoms with Crippen molar-refractivity contribution in [3.63, 3.8) is 0 Å². The van der Waals surface area contributed by atoms with E-state index in [2.05, 4.69) is 12.1 Å². The molecule has 2 aliphatic heterocycles. The summed E-state index contributed by atoms with van der Waals surface area (Å²) in [7, 11) is 3.11. The normalized spacial score (nSPS) is 30.2. The Kier molecular flexibility index (Phi) is 6.93. The van der Waals surface area contributed by atoms with E-state index in [0.717, 1.165) is 12.8 Å². The van der Waals surface area contributed by atoms with Crippen molar-refractivity contribution in [3.8, 4) is 0 Å². The van der Waals surface area contributed by atoms with Gasteiger partial charge in [0.1, 0.15) is 6.04 Å². The molecule has 1 fully saturated rings. The van der Waals surface area contributed by atoms with Crippen molar-refractivity contribution in [1.29, 1.82) is 0 Å². The zero-order valence-electron chi connectivity index (χ0n) is 17.9. The van der Waals surface area contributed by atoms with Gasteiger partial charge in [-0.3, -0.25) is 0 Å². The van der Waals surface area contributed by atoms with E-state index in [1.165, 1.54) is 12.7 Å². The second-order valence-corrected chi connectivity index (χ2v) is 7.87. The van der Waals surface area contributed by atoms with Crippen molar-refractivity contribution < 1.29 is 24.1 Å². The molecule has 3 atom stereocenters. The lowest BCUT2D eigenvalue weighted by atomic mass is 9.85. The third-order valence-corrected chi connectivity index (χ3v) is 5.46. The fourth-order valence-electron chi connectivity index (χ4n) is 3.86. The van der Waals surface area contributed by atoms with Crippen molar-refractivity contribution in [2.75, 3.05) is 14.2 Å². The molecule has 0 saturated carbocycles. The van der Waals surface area contributed by atoms with Gasteiger partial charge in [0.05, 0.1) is 20.3 Å². The smallest absolute Gasteiger partial charge is 0.220 e. The molecule has 0 aromatic heterocycles. The number of aryl methyl sites for hydroxylation is 1. The fourth-order valence-corrected chi connectivity index (χ4v) is 3.86. The van der Waals surface area contributed by atoms with Crippen molar-refractivity contribution >= 4 is 11.8 Å². The third-order valence-electron chi connectivity index (χ3n) is 5.46. The summed E-state index contributed by atoms with van der Waals surface area (Å²) in [6.07, 6.45) is 0.0720. The standard InChI is InChI=1S/C22H32N2O5/c1-14(2)18-19(26-4)24-22(20(23-18)27-5,21-28-15(3)29-21)17(25)13-9-12-16-10-7-6-8-11-16/h6-8,10-11,14-15,17-18,21,25H,9,12-13H2,1-5H3/t15?,17-,18+,21?,22?/m0/s1. The number of nitrogens with zero attached hydrogens (tertiary/aromatic N) is 2. The van der Waals surface area contributed by atoms with Gasteiger partial charge >= 0.3 is 0 Å². The van der Waals surface area contributed by atoms with Crippen LogP contribution in [0.2, 0.25) is 0 Å². The SMILES string of the molecule is COC1=NC(C2OC(C)O2)([C@@H](O)CCCc2ccccc2)C(OC)=N[C@@H]1C(C)C. The lowest BCUT2D eigenvalue weighted by Crippen LogP contribution is -2.66. The molecule has 1 N–H and O–H groups in total. The van der Waals surface area contributed by atoms with Gasteiger partial charge in [0.25, 0.3) is 0 Å². The zero-order valence-corrected chi connectivity index (χ0v) is 17.9. The summed E-state index contributed by atoms with van der Waals surface area (Å²) in [5.74, 6) is 0.935. The lowest BCUT2D eigenvalue weighted by Gasteiger charge is -2.48. The van der Waals surface area contributed by atoms with Crippen LogP contribution in [0.1, 0.15) is 39.2 Å². The molecule has 7 nitrogen and oxygen atoms in total. The van der Waals surface area contributed by atoms with E-state index >= 15 is 0 Å². The summed E-state index contributed by atoms with van der Waals surface area (Å²) >= 11 is 0. The van der Waals surface area contributed by atoms with E-state index in [-0.39, 0.29) is 18.2 Å². The molecular weight excluding hydrogens is 372 g/mol.